The van der Waals surface area contributed by atoms with E-state index in [0.29, 0.717) is 5.56 Å². The monoisotopic (exact) mass is 325 g/mol. The van der Waals surface area contributed by atoms with Crippen molar-refractivity contribution in [2.24, 2.45) is 0 Å². The number of urea groups is 1. The SMILES string of the molecule is CC(NC(=O)NCCC(=O)N1CCCC1)c1ccc(F)c(F)c1. The smallest absolute Gasteiger partial charge is 0.315 e. The maximum Gasteiger partial charge on any atom is 0.315 e. The van der Waals surface area contributed by atoms with Crippen LogP contribution in [-0.4, -0.2) is 36.5 Å². The van der Waals surface area contributed by atoms with Gasteiger partial charge in [-0.05, 0) is 37.5 Å². The van der Waals surface area contributed by atoms with Crippen LogP contribution in [0.5, 0.6) is 0 Å². The van der Waals surface area contributed by atoms with Crippen molar-refractivity contribution in [2.45, 2.75) is 32.2 Å². The van der Waals surface area contributed by atoms with Gasteiger partial charge in [-0.25, -0.2) is 13.6 Å². The minimum atomic E-state index is -0.951. The van der Waals surface area contributed by atoms with E-state index in [1.807, 2.05) is 0 Å². The van der Waals surface area contributed by atoms with Gasteiger partial charge in [0.2, 0.25) is 5.91 Å². The molecule has 126 valence electrons. The van der Waals surface area contributed by atoms with Gasteiger partial charge in [0.15, 0.2) is 11.6 Å². The van der Waals surface area contributed by atoms with Crippen molar-refractivity contribution >= 4 is 11.9 Å². The van der Waals surface area contributed by atoms with E-state index in [9.17, 15) is 18.4 Å². The van der Waals surface area contributed by atoms with Crippen molar-refractivity contribution < 1.29 is 18.4 Å². The molecule has 1 fully saturated rings. The summed E-state index contributed by atoms with van der Waals surface area (Å²) < 4.78 is 26.1. The predicted molar refractivity (Wildman–Crippen MR) is 81.7 cm³/mol. The lowest BCUT2D eigenvalue weighted by atomic mass is 10.1. The third kappa shape index (κ3) is 4.91. The molecule has 0 bridgehead atoms. The lowest BCUT2D eigenvalue weighted by Crippen LogP contribution is -2.39. The van der Waals surface area contributed by atoms with Gasteiger partial charge < -0.3 is 15.5 Å². The molecule has 1 heterocycles. The summed E-state index contributed by atoms with van der Waals surface area (Å²) in [4.78, 5) is 25.4. The van der Waals surface area contributed by atoms with Gasteiger partial charge in [-0.3, -0.25) is 4.79 Å². The Labute approximate surface area is 134 Å². The van der Waals surface area contributed by atoms with Gasteiger partial charge in [-0.2, -0.15) is 0 Å². The minimum Gasteiger partial charge on any atom is -0.343 e. The zero-order valence-corrected chi connectivity index (χ0v) is 13.1. The highest BCUT2D eigenvalue weighted by Gasteiger charge is 2.17. The van der Waals surface area contributed by atoms with Crippen LogP contribution in [0.25, 0.3) is 0 Å². The third-order valence-electron chi connectivity index (χ3n) is 3.87. The van der Waals surface area contributed by atoms with Crippen LogP contribution in [0.3, 0.4) is 0 Å². The summed E-state index contributed by atoms with van der Waals surface area (Å²) in [5.74, 6) is -1.84. The number of likely N-dealkylation sites (tertiary alicyclic amines) is 1. The molecule has 2 rings (SSSR count). The molecule has 1 saturated heterocycles. The predicted octanol–water partition coefficient (Wildman–Crippen LogP) is 2.34. The molecule has 2 N–H and O–H groups in total. The molecule has 1 aliphatic rings. The average molecular weight is 325 g/mol. The highest BCUT2D eigenvalue weighted by Crippen LogP contribution is 2.15. The van der Waals surface area contributed by atoms with E-state index in [0.717, 1.165) is 38.1 Å². The number of carbonyl (C=O) groups excluding carboxylic acids is 2. The van der Waals surface area contributed by atoms with Crippen molar-refractivity contribution in [3.63, 3.8) is 0 Å². The van der Waals surface area contributed by atoms with Crippen LogP contribution in [0, 0.1) is 11.6 Å². The summed E-state index contributed by atoms with van der Waals surface area (Å²) in [5.41, 5.74) is 0.465. The Morgan fingerprint density at radius 2 is 1.91 bits per heavy atom. The van der Waals surface area contributed by atoms with Crippen molar-refractivity contribution in [1.82, 2.24) is 15.5 Å². The van der Waals surface area contributed by atoms with E-state index >= 15 is 0 Å². The molecule has 5 nitrogen and oxygen atoms in total. The van der Waals surface area contributed by atoms with Crippen LogP contribution in [-0.2, 0) is 4.79 Å². The third-order valence-corrected chi connectivity index (χ3v) is 3.87. The summed E-state index contributed by atoms with van der Waals surface area (Å²) in [6.07, 6.45) is 2.32. The molecule has 0 aliphatic carbocycles. The van der Waals surface area contributed by atoms with Gasteiger partial charge in [-0.1, -0.05) is 6.07 Å². The first kappa shape index (κ1) is 17.2. The highest BCUT2D eigenvalue weighted by molar-refractivity contribution is 5.78. The Balaban J connectivity index is 1.73. The maximum absolute atomic E-state index is 13.2. The van der Waals surface area contributed by atoms with Crippen molar-refractivity contribution in [3.8, 4) is 0 Å². The number of nitrogens with one attached hydrogen (secondary N) is 2. The molecule has 7 heteroatoms. The average Bonchev–Trinajstić information content (AvgIpc) is 3.04. The fraction of sp³-hybridized carbons (Fsp3) is 0.500. The fourth-order valence-electron chi connectivity index (χ4n) is 2.52. The molecular weight excluding hydrogens is 304 g/mol. The molecule has 1 unspecified atom stereocenters. The molecule has 23 heavy (non-hydrogen) atoms. The van der Waals surface area contributed by atoms with Gasteiger partial charge in [0, 0.05) is 26.1 Å². The van der Waals surface area contributed by atoms with E-state index in [-0.39, 0.29) is 18.9 Å². The van der Waals surface area contributed by atoms with E-state index in [1.54, 1.807) is 11.8 Å². The minimum absolute atomic E-state index is 0.0384. The molecule has 0 saturated carbocycles. The van der Waals surface area contributed by atoms with E-state index < -0.39 is 23.7 Å². The van der Waals surface area contributed by atoms with E-state index in [4.69, 9.17) is 0 Å². The Morgan fingerprint density at radius 3 is 2.57 bits per heavy atom. The number of benzene rings is 1. The van der Waals surface area contributed by atoms with Crippen molar-refractivity contribution in [3.05, 3.63) is 35.4 Å². The van der Waals surface area contributed by atoms with Gasteiger partial charge in [0.05, 0.1) is 6.04 Å². The number of hydrogen-bond donors (Lipinski definition) is 2. The summed E-state index contributed by atoms with van der Waals surface area (Å²) >= 11 is 0. The van der Waals surface area contributed by atoms with Crippen LogP contribution in [0.1, 0.15) is 37.8 Å². The number of rotatable bonds is 5. The van der Waals surface area contributed by atoms with Gasteiger partial charge in [0.25, 0.3) is 0 Å². The fourth-order valence-corrected chi connectivity index (χ4v) is 2.52. The van der Waals surface area contributed by atoms with E-state index in [1.165, 1.54) is 6.07 Å². The second kappa shape index (κ2) is 7.89. The molecular formula is C16H21F2N3O2. The molecule has 1 aromatic carbocycles. The number of amides is 3. The van der Waals surface area contributed by atoms with Crippen molar-refractivity contribution in [1.29, 1.82) is 0 Å². The van der Waals surface area contributed by atoms with E-state index in [2.05, 4.69) is 10.6 Å². The molecule has 3 amide bonds. The lowest BCUT2D eigenvalue weighted by Gasteiger charge is -2.17. The van der Waals surface area contributed by atoms with Gasteiger partial charge in [-0.15, -0.1) is 0 Å². The molecule has 1 atom stereocenters. The summed E-state index contributed by atoms with van der Waals surface area (Å²) in [6, 6.07) is 2.57. The largest absolute Gasteiger partial charge is 0.343 e. The summed E-state index contributed by atoms with van der Waals surface area (Å²) in [6.45, 7) is 3.49. The second-order valence-electron chi connectivity index (χ2n) is 5.63. The number of halogens is 2. The molecule has 1 aromatic rings. The zero-order valence-electron chi connectivity index (χ0n) is 13.1. The highest BCUT2D eigenvalue weighted by atomic mass is 19.2. The molecule has 1 aliphatic heterocycles. The number of hydrogen-bond acceptors (Lipinski definition) is 2. The zero-order chi connectivity index (χ0) is 16.8. The molecule has 0 aromatic heterocycles. The van der Waals surface area contributed by atoms with Crippen LogP contribution in [0.2, 0.25) is 0 Å². The standard InChI is InChI=1S/C16H21F2N3O2/c1-11(12-4-5-13(17)14(18)10-12)20-16(23)19-7-6-15(22)21-8-2-3-9-21/h4-5,10-11H,2-3,6-9H2,1H3,(H2,19,20,23). The van der Waals surface area contributed by atoms with Crippen LogP contribution in [0.4, 0.5) is 13.6 Å². The Hall–Kier alpha value is -2.18. The Morgan fingerprint density at radius 1 is 1.22 bits per heavy atom. The quantitative estimate of drug-likeness (QED) is 0.873. The number of carbonyl (C=O) groups is 2. The Bertz CT molecular complexity index is 574. The maximum atomic E-state index is 13.2. The van der Waals surface area contributed by atoms with Crippen LogP contribution < -0.4 is 10.6 Å². The topological polar surface area (TPSA) is 61.4 Å². The lowest BCUT2D eigenvalue weighted by molar-refractivity contribution is -0.129. The van der Waals surface area contributed by atoms with Gasteiger partial charge >= 0.3 is 6.03 Å². The molecule has 0 radical (unpaired) electrons. The molecule has 0 spiro atoms. The second-order valence-corrected chi connectivity index (χ2v) is 5.63. The summed E-state index contributed by atoms with van der Waals surface area (Å²) in [7, 11) is 0. The summed E-state index contributed by atoms with van der Waals surface area (Å²) in [5, 5.41) is 5.22. The van der Waals surface area contributed by atoms with Crippen molar-refractivity contribution in [2.75, 3.05) is 19.6 Å². The number of nitrogens with zero attached hydrogens (tertiary/aromatic N) is 1. The normalized spacial score (nSPS) is 15.3. The first-order valence-electron chi connectivity index (χ1n) is 7.74. The van der Waals surface area contributed by atoms with Crippen LogP contribution >= 0.6 is 0 Å². The first-order valence-corrected chi connectivity index (χ1v) is 7.74. The first-order chi connectivity index (χ1) is 11.0. The van der Waals surface area contributed by atoms with Crippen LogP contribution in [0.15, 0.2) is 18.2 Å². The van der Waals surface area contributed by atoms with Gasteiger partial charge in [0.1, 0.15) is 0 Å². The Kier molecular flexibility index (Phi) is 5.90.